The first kappa shape index (κ1) is 31.5. The molecule has 2 aromatic heterocycles. The summed E-state index contributed by atoms with van der Waals surface area (Å²) < 4.78 is 10.0. The van der Waals surface area contributed by atoms with Crippen molar-refractivity contribution in [1.29, 1.82) is 0 Å². The number of para-hydroxylation sites is 1. The van der Waals surface area contributed by atoms with E-state index in [0.717, 1.165) is 44.7 Å². The molecule has 0 radical (unpaired) electrons. The summed E-state index contributed by atoms with van der Waals surface area (Å²) in [5.41, 5.74) is 6.49. The van der Waals surface area contributed by atoms with Gasteiger partial charge in [0.15, 0.2) is 0 Å². The number of nitrogens with zero attached hydrogens (tertiary/aromatic N) is 3. The van der Waals surface area contributed by atoms with Gasteiger partial charge in [0.25, 0.3) is 0 Å². The van der Waals surface area contributed by atoms with Crippen LogP contribution in [-0.4, -0.2) is 21.2 Å². The third-order valence-electron chi connectivity index (χ3n) is 12.8. The van der Waals surface area contributed by atoms with Crippen LogP contribution in [0.4, 0.5) is 0 Å². The fraction of sp³-hybridized carbons (Fsp3) is 0.311. The Morgan fingerprint density at radius 2 is 1.55 bits per heavy atom. The number of allylic oxidation sites excluding steroid dienone is 5. The van der Waals surface area contributed by atoms with E-state index in [9.17, 15) is 0 Å². The van der Waals surface area contributed by atoms with Crippen molar-refractivity contribution in [3.8, 4) is 17.3 Å². The van der Waals surface area contributed by atoms with Crippen LogP contribution in [0.2, 0.25) is 0 Å². The minimum absolute atomic E-state index is 0.00972. The largest absolute Gasteiger partial charge is 0.457 e. The maximum atomic E-state index is 6.62. The predicted octanol–water partition coefficient (Wildman–Crippen LogP) is 11.6. The van der Waals surface area contributed by atoms with E-state index in [1.54, 1.807) is 5.47 Å². The first-order valence-corrected chi connectivity index (χ1v) is 19.6. The van der Waals surface area contributed by atoms with Crippen molar-refractivity contribution in [2.75, 3.05) is 0 Å². The van der Waals surface area contributed by atoms with Crippen molar-refractivity contribution in [2.45, 2.75) is 63.7 Å². The lowest BCUT2D eigenvalue weighted by Crippen LogP contribution is -2.60. The molecule has 5 aromatic rings. The molecule has 4 aliphatic carbocycles. The molecule has 6 heteroatoms. The second kappa shape index (κ2) is 11.6. The molecule has 3 aromatic carbocycles. The highest BCUT2D eigenvalue weighted by Gasteiger charge is 2.61. The van der Waals surface area contributed by atoms with E-state index in [1.807, 2.05) is 0 Å². The van der Waals surface area contributed by atoms with Gasteiger partial charge in [0.05, 0.1) is 11.0 Å². The van der Waals surface area contributed by atoms with E-state index >= 15 is 0 Å². The van der Waals surface area contributed by atoms with Crippen LogP contribution in [0.15, 0.2) is 132 Å². The summed E-state index contributed by atoms with van der Waals surface area (Å²) in [6.07, 6.45) is 22.5. The summed E-state index contributed by atoms with van der Waals surface area (Å²) in [7, 11) is 0. The van der Waals surface area contributed by atoms with Crippen molar-refractivity contribution >= 4 is 44.6 Å². The number of rotatable bonds is 5. The molecule has 51 heavy (non-hydrogen) atoms. The van der Waals surface area contributed by atoms with Gasteiger partial charge in [-0.1, -0.05) is 78.5 Å². The zero-order valence-corrected chi connectivity index (χ0v) is 31.2. The van der Waals surface area contributed by atoms with Crippen LogP contribution in [0, 0.1) is 23.7 Å². The van der Waals surface area contributed by atoms with E-state index in [4.69, 9.17) is 9.72 Å². The fourth-order valence-electron chi connectivity index (χ4n) is 10.9. The number of halogens is 1. The molecule has 254 valence electrons. The van der Waals surface area contributed by atoms with Gasteiger partial charge in [-0.3, -0.25) is 4.57 Å². The average Bonchev–Trinajstić information content (AvgIpc) is 3.44. The molecule has 4 heterocycles. The Hall–Kier alpha value is -4.29. The highest BCUT2D eigenvalue weighted by Crippen LogP contribution is 2.66. The minimum atomic E-state index is -0.0210. The van der Waals surface area contributed by atoms with Crippen LogP contribution in [-0.2, 0) is 10.8 Å². The highest BCUT2D eigenvalue weighted by molar-refractivity contribution is 9.10. The number of pyridine rings is 1. The predicted molar refractivity (Wildman–Crippen MR) is 213 cm³/mol. The molecular weight excluding hydrogens is 689 g/mol. The Bertz CT molecular complexity index is 2310. The Morgan fingerprint density at radius 1 is 0.784 bits per heavy atom. The monoisotopic (exact) mass is 731 g/mol. The molecule has 6 aliphatic rings. The normalized spacial score (nSPS) is 26.3. The second-order valence-corrected chi connectivity index (χ2v) is 17.6. The van der Waals surface area contributed by atoms with Crippen molar-refractivity contribution in [3.63, 3.8) is 0 Å². The second-order valence-electron chi connectivity index (χ2n) is 16.7. The van der Waals surface area contributed by atoms with E-state index < -0.39 is 0 Å². The zero-order valence-electron chi connectivity index (χ0n) is 29.6. The molecule has 0 atom stereocenters. The molecule has 11 rings (SSSR count). The summed E-state index contributed by atoms with van der Waals surface area (Å²) in [5.74, 6) is 8.07. The van der Waals surface area contributed by atoms with E-state index in [0.29, 0.717) is 11.8 Å². The summed E-state index contributed by atoms with van der Waals surface area (Å²) >= 11 is 3.73. The Balaban J connectivity index is 1.13. The van der Waals surface area contributed by atoms with Crippen molar-refractivity contribution < 1.29 is 4.74 Å². The van der Waals surface area contributed by atoms with E-state index in [-0.39, 0.29) is 17.7 Å². The number of fused-ring (bicyclic) bond motifs is 4. The highest BCUT2D eigenvalue weighted by atomic mass is 79.9. The molecule has 0 amide bonds. The maximum Gasteiger partial charge on any atom is 0.316 e. The number of hydrogen-bond acceptors (Lipinski definition) is 3. The van der Waals surface area contributed by atoms with Crippen molar-refractivity contribution in [2.24, 2.45) is 23.7 Å². The van der Waals surface area contributed by atoms with Gasteiger partial charge in [-0.05, 0) is 145 Å². The van der Waals surface area contributed by atoms with Gasteiger partial charge in [-0.2, -0.15) is 0 Å². The van der Waals surface area contributed by atoms with Gasteiger partial charge in [-0.25, -0.2) is 4.98 Å². The molecule has 0 saturated heterocycles. The number of hydrogen-bond donors (Lipinski definition) is 0. The number of aromatic nitrogens is 2. The lowest BCUT2D eigenvalue weighted by Gasteiger charge is -2.63. The van der Waals surface area contributed by atoms with Gasteiger partial charge < -0.3 is 9.55 Å². The quantitative estimate of drug-likeness (QED) is 0.169. The summed E-state index contributed by atoms with van der Waals surface area (Å²) in [5, 5.41) is 2.43. The van der Waals surface area contributed by atoms with Gasteiger partial charge >= 0.3 is 6.85 Å². The first-order valence-electron chi connectivity index (χ1n) is 18.8. The van der Waals surface area contributed by atoms with Crippen LogP contribution < -0.4 is 4.74 Å². The van der Waals surface area contributed by atoms with Gasteiger partial charge in [0, 0.05) is 32.9 Å². The maximum absolute atomic E-state index is 6.62. The zero-order chi connectivity index (χ0) is 34.5. The summed E-state index contributed by atoms with van der Waals surface area (Å²) in [4.78, 5) is 7.57. The van der Waals surface area contributed by atoms with Crippen LogP contribution in [0.25, 0.3) is 27.6 Å². The van der Waals surface area contributed by atoms with Crippen LogP contribution >= 0.6 is 15.9 Å². The van der Waals surface area contributed by atoms with Crippen molar-refractivity contribution in [3.05, 3.63) is 143 Å². The van der Waals surface area contributed by atoms with Gasteiger partial charge in [0.1, 0.15) is 17.3 Å². The van der Waals surface area contributed by atoms with Gasteiger partial charge in [0.2, 0.25) is 0 Å². The smallest absolute Gasteiger partial charge is 0.316 e. The third-order valence-corrected chi connectivity index (χ3v) is 13.3. The molecular formula is C45H43BBrN3O. The van der Waals surface area contributed by atoms with E-state index in [2.05, 4.69) is 168 Å². The van der Waals surface area contributed by atoms with Gasteiger partial charge in [-0.15, -0.1) is 0 Å². The lowest BCUT2D eigenvalue weighted by molar-refractivity contribution is -0.0411. The van der Waals surface area contributed by atoms with Crippen molar-refractivity contribution in [1.82, 2.24) is 14.4 Å². The topological polar surface area (TPSA) is 30.3 Å². The molecule has 0 N–H and O–H groups in total. The minimum Gasteiger partial charge on any atom is -0.457 e. The van der Waals surface area contributed by atoms with Crippen LogP contribution in [0.3, 0.4) is 0 Å². The molecule has 0 spiro atoms. The lowest BCUT2D eigenvalue weighted by atomic mass is 9.33. The molecule has 2 aliphatic heterocycles. The SMILES string of the molecule is CC(C)(C)c1cc(Br)cc(Oc2ccc3c4ccccc4n(-c4cc(C5(C6=CC=CN7C=CC=CB67)C6CC7CC(C6)CC5C7)ccn4)c3c2)c1. The summed E-state index contributed by atoms with van der Waals surface area (Å²) in [6.45, 7) is 6.95. The molecule has 4 saturated carbocycles. The van der Waals surface area contributed by atoms with Crippen LogP contribution in [0.1, 0.15) is 64.0 Å². The average molecular weight is 733 g/mol. The third kappa shape index (κ3) is 4.96. The molecule has 4 fully saturated rings. The Morgan fingerprint density at radius 3 is 2.35 bits per heavy atom. The molecule has 4 nitrogen and oxygen atoms in total. The number of benzene rings is 3. The first-order chi connectivity index (χ1) is 24.8. The van der Waals surface area contributed by atoms with Crippen LogP contribution in [0.5, 0.6) is 11.5 Å². The standard InChI is InChI=1S/C45H43BBrN3O/c1-44(2,3)32-24-35(47)27-37(25-32)51-36-12-13-39-38-9-4-5-10-40(38)50(41(39)28-36)43-26-31(14-16-48-43)45(33-20-29-19-30(22-33)23-34(45)21-29)42-11-8-18-49-17-7-6-15-46(42)49/h4-18,24-30,33-34H,19-23H2,1-3H3. The Labute approximate surface area is 309 Å². The molecule has 0 unspecified atom stereocenters. The molecule has 4 bridgehead atoms. The number of ether oxygens (including phenoxy) is 1. The summed E-state index contributed by atoms with van der Waals surface area (Å²) in [6, 6.07) is 26.5. The van der Waals surface area contributed by atoms with E-state index in [1.165, 1.54) is 54.0 Å². The Kier molecular flexibility index (Phi) is 7.16. The fourth-order valence-corrected chi connectivity index (χ4v) is 11.4.